The number of hydrogen-bond acceptors (Lipinski definition) is 6. The van der Waals surface area contributed by atoms with Crippen molar-refractivity contribution >= 4 is 43.5 Å². The number of halogens is 1. The molecule has 1 atom stereocenters. The van der Waals surface area contributed by atoms with Crippen molar-refractivity contribution in [3.63, 3.8) is 0 Å². The van der Waals surface area contributed by atoms with E-state index in [1.54, 1.807) is 43.3 Å². The minimum Gasteiger partial charge on any atom is -0.486 e. The molecule has 3 aromatic rings. The highest BCUT2D eigenvalue weighted by Crippen LogP contribution is 2.36. The predicted molar refractivity (Wildman–Crippen MR) is 160 cm³/mol. The molecule has 41 heavy (non-hydrogen) atoms. The molecule has 0 saturated heterocycles. The largest absolute Gasteiger partial charge is 0.486 e. The number of rotatable bonds is 11. The van der Waals surface area contributed by atoms with Crippen molar-refractivity contribution < 1.29 is 27.5 Å². The maximum Gasteiger partial charge on any atom is 0.264 e. The van der Waals surface area contributed by atoms with Gasteiger partial charge in [-0.25, -0.2) is 8.42 Å². The highest BCUT2D eigenvalue weighted by Gasteiger charge is 2.33. The molecule has 0 aliphatic carbocycles. The lowest BCUT2D eigenvalue weighted by Gasteiger charge is -2.32. The van der Waals surface area contributed by atoms with Gasteiger partial charge < -0.3 is 19.7 Å². The number of carbonyl (C=O) groups is 2. The van der Waals surface area contributed by atoms with Crippen molar-refractivity contribution in [1.29, 1.82) is 0 Å². The minimum atomic E-state index is -4.17. The molecular formula is C30H34BrN3O6S. The molecule has 1 heterocycles. The molecule has 0 spiro atoms. The third-order valence-electron chi connectivity index (χ3n) is 6.52. The van der Waals surface area contributed by atoms with Crippen molar-refractivity contribution in [3.8, 4) is 11.5 Å². The van der Waals surface area contributed by atoms with E-state index in [2.05, 4.69) is 21.2 Å². The molecule has 11 heteroatoms. The Labute approximate surface area is 249 Å². The zero-order valence-electron chi connectivity index (χ0n) is 23.2. The van der Waals surface area contributed by atoms with Crippen molar-refractivity contribution in [3.05, 3.63) is 82.8 Å². The van der Waals surface area contributed by atoms with Crippen molar-refractivity contribution in [2.75, 3.05) is 30.6 Å². The molecular weight excluding hydrogens is 610 g/mol. The van der Waals surface area contributed by atoms with Gasteiger partial charge in [-0.2, -0.15) is 0 Å². The number of anilines is 1. The molecule has 1 aliphatic heterocycles. The quantitative estimate of drug-likeness (QED) is 0.327. The van der Waals surface area contributed by atoms with E-state index in [0.29, 0.717) is 31.3 Å². The standard InChI is InChI=1S/C30H34BrN3O6S/c1-21(2)18-32-30(36)22(3)33(19-23-8-7-9-24(31)16-23)29(35)20-34(41(37,38)26-10-5-4-6-11-26)25-12-13-27-28(17-25)40-15-14-39-27/h4-13,16-17,21-22H,14-15,18-20H2,1-3H3,(H,32,36). The summed E-state index contributed by atoms with van der Waals surface area (Å²) in [6.45, 7) is 6.34. The third kappa shape index (κ3) is 7.59. The summed E-state index contributed by atoms with van der Waals surface area (Å²) >= 11 is 3.46. The molecule has 1 unspecified atom stereocenters. The number of ether oxygens (including phenoxy) is 2. The minimum absolute atomic E-state index is 0.0314. The summed E-state index contributed by atoms with van der Waals surface area (Å²) in [5.74, 6) is 0.254. The normalized spacial score (nSPS) is 13.4. The van der Waals surface area contributed by atoms with Gasteiger partial charge in [0.1, 0.15) is 25.8 Å². The fourth-order valence-corrected chi connectivity index (χ4v) is 6.18. The van der Waals surface area contributed by atoms with Crippen LogP contribution in [0.5, 0.6) is 11.5 Å². The van der Waals surface area contributed by atoms with Gasteiger partial charge in [-0.05, 0) is 54.8 Å². The second kappa shape index (κ2) is 13.4. The lowest BCUT2D eigenvalue weighted by molar-refractivity contribution is -0.139. The number of benzene rings is 3. The van der Waals surface area contributed by atoms with E-state index in [4.69, 9.17) is 9.47 Å². The first-order valence-electron chi connectivity index (χ1n) is 13.4. The van der Waals surface area contributed by atoms with E-state index in [1.807, 2.05) is 38.1 Å². The van der Waals surface area contributed by atoms with Crippen LogP contribution >= 0.6 is 15.9 Å². The van der Waals surface area contributed by atoms with Gasteiger partial charge in [0.05, 0.1) is 10.6 Å². The SMILES string of the molecule is CC(C)CNC(=O)C(C)N(Cc1cccc(Br)c1)C(=O)CN(c1ccc2c(c1)OCCO2)S(=O)(=O)c1ccccc1. The molecule has 0 saturated carbocycles. The predicted octanol–water partition coefficient (Wildman–Crippen LogP) is 4.61. The van der Waals surface area contributed by atoms with Crippen LogP contribution in [0, 0.1) is 5.92 Å². The zero-order valence-corrected chi connectivity index (χ0v) is 25.7. The molecule has 1 N–H and O–H groups in total. The number of amides is 2. The molecule has 0 fully saturated rings. The van der Waals surface area contributed by atoms with Gasteiger partial charge in [0.15, 0.2) is 11.5 Å². The second-order valence-electron chi connectivity index (χ2n) is 10.1. The average molecular weight is 645 g/mol. The smallest absolute Gasteiger partial charge is 0.264 e. The molecule has 3 aromatic carbocycles. The van der Waals surface area contributed by atoms with Crippen LogP contribution in [0.3, 0.4) is 0 Å². The van der Waals surface area contributed by atoms with Crippen LogP contribution in [-0.4, -0.2) is 57.5 Å². The first-order chi connectivity index (χ1) is 19.6. The number of sulfonamides is 1. The Kier molecular flexibility index (Phi) is 9.93. The molecule has 9 nitrogen and oxygen atoms in total. The molecule has 4 rings (SSSR count). The lowest BCUT2D eigenvalue weighted by atomic mass is 10.1. The Morgan fingerprint density at radius 3 is 2.32 bits per heavy atom. The third-order valence-corrected chi connectivity index (χ3v) is 8.80. The monoisotopic (exact) mass is 643 g/mol. The van der Waals surface area contributed by atoms with Gasteiger partial charge in [0.25, 0.3) is 10.0 Å². The van der Waals surface area contributed by atoms with Crippen LogP contribution in [0.25, 0.3) is 0 Å². The summed E-state index contributed by atoms with van der Waals surface area (Å²) in [7, 11) is -4.17. The van der Waals surface area contributed by atoms with E-state index < -0.39 is 28.5 Å². The van der Waals surface area contributed by atoms with Crippen LogP contribution in [-0.2, 0) is 26.2 Å². The Morgan fingerprint density at radius 1 is 0.927 bits per heavy atom. The van der Waals surface area contributed by atoms with Crippen molar-refractivity contribution in [2.24, 2.45) is 5.92 Å². The number of fused-ring (bicyclic) bond motifs is 1. The van der Waals surface area contributed by atoms with E-state index in [0.717, 1.165) is 14.3 Å². The fraction of sp³-hybridized carbons (Fsp3) is 0.333. The van der Waals surface area contributed by atoms with Gasteiger partial charge in [0.2, 0.25) is 11.8 Å². The summed E-state index contributed by atoms with van der Waals surface area (Å²) in [5.41, 5.74) is 1.03. The van der Waals surface area contributed by atoms with Crippen LogP contribution < -0.4 is 19.1 Å². The summed E-state index contributed by atoms with van der Waals surface area (Å²) in [5, 5.41) is 2.89. The van der Waals surface area contributed by atoms with Crippen LogP contribution in [0.4, 0.5) is 5.69 Å². The Hall–Kier alpha value is -3.57. The van der Waals surface area contributed by atoms with E-state index >= 15 is 0 Å². The highest BCUT2D eigenvalue weighted by molar-refractivity contribution is 9.10. The van der Waals surface area contributed by atoms with E-state index in [9.17, 15) is 18.0 Å². The highest BCUT2D eigenvalue weighted by atomic mass is 79.9. The molecule has 0 aromatic heterocycles. The summed E-state index contributed by atoms with van der Waals surface area (Å²) in [4.78, 5) is 28.6. The first kappa shape index (κ1) is 30.4. The molecule has 2 amide bonds. The van der Waals surface area contributed by atoms with Crippen molar-refractivity contribution in [2.45, 2.75) is 38.3 Å². The van der Waals surface area contributed by atoms with Crippen LogP contribution in [0.2, 0.25) is 0 Å². The lowest BCUT2D eigenvalue weighted by Crippen LogP contribution is -2.51. The Balaban J connectivity index is 1.72. The first-order valence-corrected chi connectivity index (χ1v) is 15.6. The summed E-state index contributed by atoms with van der Waals surface area (Å²) in [6.07, 6.45) is 0. The maximum atomic E-state index is 14.0. The van der Waals surface area contributed by atoms with Gasteiger partial charge in [-0.15, -0.1) is 0 Å². The number of nitrogens with zero attached hydrogens (tertiary/aromatic N) is 2. The fourth-order valence-electron chi connectivity index (χ4n) is 4.30. The Morgan fingerprint density at radius 2 is 1.63 bits per heavy atom. The maximum absolute atomic E-state index is 14.0. The van der Waals surface area contributed by atoms with E-state index in [1.165, 1.54) is 17.0 Å². The average Bonchev–Trinajstić information content (AvgIpc) is 2.97. The van der Waals surface area contributed by atoms with Gasteiger partial charge in [-0.3, -0.25) is 13.9 Å². The zero-order chi connectivity index (χ0) is 29.6. The molecule has 218 valence electrons. The van der Waals surface area contributed by atoms with Gasteiger partial charge >= 0.3 is 0 Å². The number of carbonyl (C=O) groups excluding carboxylic acids is 2. The summed E-state index contributed by atoms with van der Waals surface area (Å²) < 4.78 is 41.1. The molecule has 1 aliphatic rings. The van der Waals surface area contributed by atoms with Crippen LogP contribution in [0.1, 0.15) is 26.3 Å². The topological polar surface area (TPSA) is 105 Å². The Bertz CT molecular complexity index is 1480. The number of nitrogens with one attached hydrogen (secondary N) is 1. The van der Waals surface area contributed by atoms with Gasteiger partial charge in [-0.1, -0.05) is 60.1 Å². The van der Waals surface area contributed by atoms with Crippen molar-refractivity contribution in [1.82, 2.24) is 10.2 Å². The summed E-state index contributed by atoms with van der Waals surface area (Å²) in [6, 6.07) is 19.2. The molecule has 0 bridgehead atoms. The van der Waals surface area contributed by atoms with Crippen LogP contribution in [0.15, 0.2) is 82.2 Å². The van der Waals surface area contributed by atoms with E-state index in [-0.39, 0.29) is 29.0 Å². The molecule has 0 radical (unpaired) electrons. The second-order valence-corrected chi connectivity index (χ2v) is 12.9. The van der Waals surface area contributed by atoms with Gasteiger partial charge in [0, 0.05) is 23.6 Å². The number of hydrogen-bond donors (Lipinski definition) is 1.